The highest BCUT2D eigenvalue weighted by Gasteiger charge is 2.18. The van der Waals surface area contributed by atoms with Crippen LogP contribution in [-0.2, 0) is 14.8 Å². The van der Waals surface area contributed by atoms with Crippen LogP contribution in [0.5, 0.6) is 0 Å². The molecule has 0 saturated heterocycles. The smallest absolute Gasteiger partial charge is 0.240 e. The monoisotopic (exact) mass is 369 g/mol. The highest BCUT2D eigenvalue weighted by atomic mass is 127. The third kappa shape index (κ3) is 4.53. The van der Waals surface area contributed by atoms with E-state index in [4.69, 9.17) is 4.74 Å². The van der Waals surface area contributed by atoms with E-state index in [1.54, 1.807) is 31.4 Å². The van der Waals surface area contributed by atoms with Crippen molar-refractivity contribution in [3.8, 4) is 0 Å². The number of rotatable bonds is 6. The van der Waals surface area contributed by atoms with Crippen molar-refractivity contribution in [1.29, 1.82) is 0 Å². The minimum absolute atomic E-state index is 0.190. The molecule has 1 unspecified atom stereocenters. The first-order valence-electron chi connectivity index (χ1n) is 5.26. The van der Waals surface area contributed by atoms with Crippen molar-refractivity contribution >= 4 is 32.6 Å². The molecule has 1 rings (SSSR count). The van der Waals surface area contributed by atoms with Gasteiger partial charge in [-0.3, -0.25) is 0 Å². The highest BCUT2D eigenvalue weighted by Crippen LogP contribution is 2.12. The summed E-state index contributed by atoms with van der Waals surface area (Å²) in [5.41, 5.74) is 0. The third-order valence-electron chi connectivity index (χ3n) is 2.31. The van der Waals surface area contributed by atoms with Crippen molar-refractivity contribution in [2.24, 2.45) is 0 Å². The van der Waals surface area contributed by atoms with Gasteiger partial charge >= 0.3 is 0 Å². The maximum absolute atomic E-state index is 12.0. The second kappa shape index (κ2) is 6.67. The zero-order valence-corrected chi connectivity index (χ0v) is 12.8. The van der Waals surface area contributed by atoms with Gasteiger partial charge in [-0.25, -0.2) is 13.1 Å². The lowest BCUT2D eigenvalue weighted by molar-refractivity contribution is 0.173. The molecule has 96 valence electrons. The predicted molar refractivity (Wildman–Crippen MR) is 75.4 cm³/mol. The number of ether oxygens (including phenoxy) is 1. The van der Waals surface area contributed by atoms with Crippen LogP contribution in [0.3, 0.4) is 0 Å². The van der Waals surface area contributed by atoms with E-state index in [1.807, 2.05) is 6.92 Å². The Hall–Kier alpha value is -0.180. The standard InChI is InChI=1S/C11H16INO3S/c1-3-10(8-16-2)13-17(14,15)11-6-4-9(12)5-7-11/h4-7,10,13H,3,8H2,1-2H3. The Balaban J connectivity index is 2.84. The first kappa shape index (κ1) is 14.9. The van der Waals surface area contributed by atoms with Crippen LogP contribution in [0.4, 0.5) is 0 Å². The summed E-state index contributed by atoms with van der Waals surface area (Å²) in [6.45, 7) is 2.29. The molecule has 1 aromatic carbocycles. The van der Waals surface area contributed by atoms with Gasteiger partial charge in [0.2, 0.25) is 10.0 Å². The van der Waals surface area contributed by atoms with Crippen molar-refractivity contribution in [2.75, 3.05) is 13.7 Å². The summed E-state index contributed by atoms with van der Waals surface area (Å²) in [4.78, 5) is 0.285. The van der Waals surface area contributed by atoms with Gasteiger partial charge < -0.3 is 4.74 Å². The van der Waals surface area contributed by atoms with E-state index < -0.39 is 10.0 Å². The molecular formula is C11H16INO3S. The Morgan fingerprint density at radius 3 is 2.41 bits per heavy atom. The molecule has 4 nitrogen and oxygen atoms in total. The van der Waals surface area contributed by atoms with Crippen molar-refractivity contribution in [3.63, 3.8) is 0 Å². The summed E-state index contributed by atoms with van der Waals surface area (Å²) in [5.74, 6) is 0. The number of nitrogens with one attached hydrogen (secondary N) is 1. The summed E-state index contributed by atoms with van der Waals surface area (Å²) >= 11 is 2.14. The van der Waals surface area contributed by atoms with E-state index in [2.05, 4.69) is 27.3 Å². The second-order valence-electron chi connectivity index (χ2n) is 3.64. The van der Waals surface area contributed by atoms with Crippen molar-refractivity contribution < 1.29 is 13.2 Å². The van der Waals surface area contributed by atoms with Gasteiger partial charge in [0.15, 0.2) is 0 Å². The summed E-state index contributed by atoms with van der Waals surface area (Å²) in [6.07, 6.45) is 0.692. The fourth-order valence-electron chi connectivity index (χ4n) is 1.34. The normalized spacial score (nSPS) is 13.6. The Bertz CT molecular complexity index is 444. The number of benzene rings is 1. The van der Waals surface area contributed by atoms with Gasteiger partial charge in [-0.15, -0.1) is 0 Å². The highest BCUT2D eigenvalue weighted by molar-refractivity contribution is 14.1. The van der Waals surface area contributed by atoms with E-state index in [1.165, 1.54) is 0 Å². The zero-order valence-electron chi connectivity index (χ0n) is 9.81. The number of sulfonamides is 1. The molecule has 0 amide bonds. The average molecular weight is 369 g/mol. The van der Waals surface area contributed by atoms with Gasteiger partial charge in [0.1, 0.15) is 0 Å². The molecule has 0 heterocycles. The maximum Gasteiger partial charge on any atom is 0.240 e. The number of halogens is 1. The first-order chi connectivity index (χ1) is 7.99. The Labute approximate surface area is 116 Å². The third-order valence-corrected chi connectivity index (χ3v) is 4.56. The molecule has 0 saturated carbocycles. The predicted octanol–water partition coefficient (Wildman–Crippen LogP) is 1.99. The molecule has 1 aromatic rings. The topological polar surface area (TPSA) is 55.4 Å². The molecule has 0 aliphatic heterocycles. The van der Waals surface area contributed by atoms with Gasteiger partial charge in [-0.05, 0) is 53.3 Å². The van der Waals surface area contributed by atoms with Crippen molar-refractivity contribution in [2.45, 2.75) is 24.3 Å². The Morgan fingerprint density at radius 1 is 1.35 bits per heavy atom. The molecule has 1 N–H and O–H groups in total. The molecule has 6 heteroatoms. The SMILES string of the molecule is CCC(COC)NS(=O)(=O)c1ccc(I)cc1. The minimum Gasteiger partial charge on any atom is -0.383 e. The molecule has 0 aliphatic carbocycles. The van der Waals surface area contributed by atoms with E-state index in [0.717, 1.165) is 3.57 Å². The van der Waals surface area contributed by atoms with Crippen LogP contribution in [0.15, 0.2) is 29.2 Å². The largest absolute Gasteiger partial charge is 0.383 e. The van der Waals surface area contributed by atoms with Crippen LogP contribution in [0.2, 0.25) is 0 Å². The number of hydrogen-bond donors (Lipinski definition) is 1. The van der Waals surface area contributed by atoms with E-state index >= 15 is 0 Å². The van der Waals surface area contributed by atoms with Crippen LogP contribution < -0.4 is 4.72 Å². The van der Waals surface area contributed by atoms with Gasteiger partial charge in [-0.2, -0.15) is 0 Å². The average Bonchev–Trinajstić information content (AvgIpc) is 2.28. The lowest BCUT2D eigenvalue weighted by Crippen LogP contribution is -2.37. The molecule has 0 aromatic heterocycles. The van der Waals surface area contributed by atoms with Crippen LogP contribution in [-0.4, -0.2) is 28.2 Å². The van der Waals surface area contributed by atoms with Crippen LogP contribution in [0.25, 0.3) is 0 Å². The van der Waals surface area contributed by atoms with E-state index in [-0.39, 0.29) is 10.9 Å². The maximum atomic E-state index is 12.0. The molecular weight excluding hydrogens is 353 g/mol. The molecule has 1 atom stereocenters. The summed E-state index contributed by atoms with van der Waals surface area (Å²) < 4.78 is 32.6. The fraction of sp³-hybridized carbons (Fsp3) is 0.455. The molecule has 0 radical (unpaired) electrons. The second-order valence-corrected chi connectivity index (χ2v) is 6.60. The van der Waals surface area contributed by atoms with Crippen LogP contribution >= 0.6 is 22.6 Å². The van der Waals surface area contributed by atoms with Gasteiger partial charge in [0.25, 0.3) is 0 Å². The van der Waals surface area contributed by atoms with Crippen molar-refractivity contribution in [1.82, 2.24) is 4.72 Å². The first-order valence-corrected chi connectivity index (χ1v) is 7.82. The molecule has 0 bridgehead atoms. The molecule has 0 aliphatic rings. The number of hydrogen-bond acceptors (Lipinski definition) is 3. The molecule has 0 spiro atoms. The minimum atomic E-state index is -3.44. The Morgan fingerprint density at radius 2 is 1.94 bits per heavy atom. The van der Waals surface area contributed by atoms with Crippen LogP contribution in [0.1, 0.15) is 13.3 Å². The van der Waals surface area contributed by atoms with Crippen molar-refractivity contribution in [3.05, 3.63) is 27.8 Å². The lowest BCUT2D eigenvalue weighted by atomic mass is 10.3. The van der Waals surface area contributed by atoms with E-state index in [0.29, 0.717) is 13.0 Å². The Kier molecular flexibility index (Phi) is 5.84. The fourth-order valence-corrected chi connectivity index (χ4v) is 3.00. The summed E-state index contributed by atoms with van der Waals surface area (Å²) in [7, 11) is -1.89. The van der Waals surface area contributed by atoms with Gasteiger partial charge in [-0.1, -0.05) is 6.92 Å². The summed E-state index contributed by atoms with van der Waals surface area (Å²) in [5, 5.41) is 0. The quantitative estimate of drug-likeness (QED) is 0.781. The zero-order chi connectivity index (χ0) is 12.9. The lowest BCUT2D eigenvalue weighted by Gasteiger charge is -2.16. The van der Waals surface area contributed by atoms with Crippen LogP contribution in [0, 0.1) is 3.57 Å². The molecule has 17 heavy (non-hydrogen) atoms. The number of methoxy groups -OCH3 is 1. The van der Waals surface area contributed by atoms with Gasteiger partial charge in [0.05, 0.1) is 11.5 Å². The summed E-state index contributed by atoms with van der Waals surface area (Å²) in [6, 6.07) is 6.55. The molecule has 0 fully saturated rings. The van der Waals surface area contributed by atoms with Gasteiger partial charge in [0, 0.05) is 16.7 Å². The van der Waals surface area contributed by atoms with E-state index in [9.17, 15) is 8.42 Å².